The SMILES string of the molecule is O=C(CCOc1ccc(F)cc1Cl)NCc1ccc(N2CCCCCC2)nc1. The van der Waals surface area contributed by atoms with Crippen molar-refractivity contribution in [1.82, 2.24) is 10.3 Å². The number of pyridine rings is 1. The van der Waals surface area contributed by atoms with E-state index in [9.17, 15) is 9.18 Å². The van der Waals surface area contributed by atoms with Crippen molar-refractivity contribution in [2.24, 2.45) is 0 Å². The average molecular weight is 406 g/mol. The van der Waals surface area contributed by atoms with Crippen LogP contribution in [0.3, 0.4) is 0 Å². The van der Waals surface area contributed by atoms with E-state index in [2.05, 4.69) is 15.2 Å². The Morgan fingerprint density at radius 2 is 1.96 bits per heavy atom. The number of carbonyl (C=O) groups is 1. The third-order valence-corrected chi connectivity index (χ3v) is 5.00. The van der Waals surface area contributed by atoms with Gasteiger partial charge in [0.25, 0.3) is 0 Å². The highest BCUT2D eigenvalue weighted by Crippen LogP contribution is 2.24. The van der Waals surface area contributed by atoms with Crippen LogP contribution in [0, 0.1) is 5.82 Å². The number of anilines is 1. The van der Waals surface area contributed by atoms with Crippen molar-refractivity contribution < 1.29 is 13.9 Å². The molecule has 1 amide bonds. The van der Waals surface area contributed by atoms with E-state index in [0.29, 0.717) is 12.3 Å². The second kappa shape index (κ2) is 10.3. The minimum Gasteiger partial charge on any atom is -0.491 e. The zero-order valence-electron chi connectivity index (χ0n) is 15.8. The Kier molecular flexibility index (Phi) is 7.48. The standard InChI is InChI=1S/C21H25ClFN3O2/c22-18-13-17(23)6-7-19(18)28-12-9-21(27)25-15-16-5-8-20(24-14-16)26-10-3-1-2-4-11-26/h5-8,13-14H,1-4,9-12,15H2,(H,25,27). The molecule has 1 fully saturated rings. The zero-order valence-corrected chi connectivity index (χ0v) is 16.6. The molecule has 0 saturated carbocycles. The van der Waals surface area contributed by atoms with Crippen LogP contribution in [-0.2, 0) is 11.3 Å². The van der Waals surface area contributed by atoms with Crippen LogP contribution in [0.1, 0.15) is 37.7 Å². The Balaban J connectivity index is 1.40. The average Bonchev–Trinajstić information content (AvgIpc) is 2.98. The molecule has 1 aliphatic rings. The zero-order chi connectivity index (χ0) is 19.8. The van der Waals surface area contributed by atoms with E-state index >= 15 is 0 Å². The first-order valence-electron chi connectivity index (χ1n) is 9.66. The molecule has 3 rings (SSSR count). The summed E-state index contributed by atoms with van der Waals surface area (Å²) in [5, 5.41) is 3.04. The molecule has 1 aliphatic heterocycles. The molecule has 0 aliphatic carbocycles. The van der Waals surface area contributed by atoms with Crippen LogP contribution in [0.4, 0.5) is 10.2 Å². The molecule has 0 unspecified atom stereocenters. The van der Waals surface area contributed by atoms with E-state index in [1.165, 1.54) is 43.9 Å². The van der Waals surface area contributed by atoms with Crippen molar-refractivity contribution in [3.8, 4) is 5.75 Å². The molecule has 28 heavy (non-hydrogen) atoms. The van der Waals surface area contributed by atoms with Gasteiger partial charge in [-0.2, -0.15) is 0 Å². The van der Waals surface area contributed by atoms with Gasteiger partial charge in [-0.25, -0.2) is 9.37 Å². The van der Waals surface area contributed by atoms with E-state index in [0.717, 1.165) is 24.5 Å². The Bertz CT molecular complexity index is 778. The van der Waals surface area contributed by atoms with Gasteiger partial charge in [0, 0.05) is 25.8 Å². The predicted molar refractivity (Wildman–Crippen MR) is 108 cm³/mol. The van der Waals surface area contributed by atoms with Crippen LogP contribution in [0.2, 0.25) is 5.02 Å². The summed E-state index contributed by atoms with van der Waals surface area (Å²) in [6.07, 6.45) is 7.01. The minimum absolute atomic E-state index is 0.130. The van der Waals surface area contributed by atoms with Gasteiger partial charge in [-0.3, -0.25) is 4.79 Å². The van der Waals surface area contributed by atoms with Crippen LogP contribution in [0.25, 0.3) is 0 Å². The van der Waals surface area contributed by atoms with Crippen LogP contribution in [0.15, 0.2) is 36.5 Å². The van der Waals surface area contributed by atoms with E-state index in [1.54, 1.807) is 0 Å². The number of hydrogen-bond acceptors (Lipinski definition) is 4. The number of hydrogen-bond donors (Lipinski definition) is 1. The lowest BCUT2D eigenvalue weighted by molar-refractivity contribution is -0.121. The van der Waals surface area contributed by atoms with Crippen molar-refractivity contribution in [3.63, 3.8) is 0 Å². The van der Waals surface area contributed by atoms with Crippen molar-refractivity contribution in [2.75, 3.05) is 24.6 Å². The molecule has 0 bridgehead atoms. The molecular formula is C21H25ClFN3O2. The number of ether oxygens (including phenoxy) is 1. The summed E-state index contributed by atoms with van der Waals surface area (Å²) in [5.41, 5.74) is 0.953. The molecule has 0 spiro atoms. The van der Waals surface area contributed by atoms with Crippen LogP contribution < -0.4 is 15.0 Å². The van der Waals surface area contributed by atoms with Crippen LogP contribution in [-0.4, -0.2) is 30.6 Å². The monoisotopic (exact) mass is 405 g/mol. The highest BCUT2D eigenvalue weighted by molar-refractivity contribution is 6.32. The second-order valence-electron chi connectivity index (χ2n) is 6.88. The fourth-order valence-corrected chi connectivity index (χ4v) is 3.36. The molecule has 7 heteroatoms. The summed E-state index contributed by atoms with van der Waals surface area (Å²) < 4.78 is 18.4. The lowest BCUT2D eigenvalue weighted by atomic mass is 10.2. The maximum Gasteiger partial charge on any atom is 0.223 e. The van der Waals surface area contributed by atoms with E-state index in [4.69, 9.17) is 16.3 Å². The number of nitrogens with zero attached hydrogens (tertiary/aromatic N) is 2. The van der Waals surface area contributed by atoms with E-state index < -0.39 is 5.82 Å². The van der Waals surface area contributed by atoms with Gasteiger partial charge in [0.15, 0.2) is 0 Å². The summed E-state index contributed by atoms with van der Waals surface area (Å²) in [5.74, 6) is 0.811. The molecular weight excluding hydrogens is 381 g/mol. The first-order chi connectivity index (χ1) is 13.6. The Hall–Kier alpha value is -2.34. The van der Waals surface area contributed by atoms with Crippen molar-refractivity contribution >= 4 is 23.3 Å². The van der Waals surface area contributed by atoms with Crippen molar-refractivity contribution in [3.05, 3.63) is 52.9 Å². The summed E-state index contributed by atoms with van der Waals surface area (Å²) in [4.78, 5) is 18.9. The molecule has 2 heterocycles. The van der Waals surface area contributed by atoms with E-state index in [-0.39, 0.29) is 24.0 Å². The molecule has 1 saturated heterocycles. The van der Waals surface area contributed by atoms with Crippen molar-refractivity contribution in [2.45, 2.75) is 38.6 Å². The number of carbonyl (C=O) groups excluding carboxylic acids is 1. The largest absolute Gasteiger partial charge is 0.491 e. The number of amides is 1. The van der Waals surface area contributed by atoms with E-state index in [1.807, 2.05) is 18.3 Å². The second-order valence-corrected chi connectivity index (χ2v) is 7.28. The van der Waals surface area contributed by atoms with Gasteiger partial charge in [-0.05, 0) is 42.7 Å². The first-order valence-corrected chi connectivity index (χ1v) is 10.0. The third kappa shape index (κ3) is 6.09. The van der Waals surface area contributed by atoms with Gasteiger partial charge in [-0.15, -0.1) is 0 Å². The number of benzene rings is 1. The summed E-state index contributed by atoms with van der Waals surface area (Å²) in [6, 6.07) is 7.92. The number of rotatable bonds is 7. The Morgan fingerprint density at radius 3 is 2.64 bits per heavy atom. The number of nitrogens with one attached hydrogen (secondary N) is 1. The minimum atomic E-state index is -0.425. The fraction of sp³-hybridized carbons (Fsp3) is 0.429. The topological polar surface area (TPSA) is 54.5 Å². The highest BCUT2D eigenvalue weighted by Gasteiger charge is 2.11. The summed E-state index contributed by atoms with van der Waals surface area (Å²) in [7, 11) is 0. The predicted octanol–water partition coefficient (Wildman–Crippen LogP) is 4.34. The Labute approximate surface area is 169 Å². The van der Waals surface area contributed by atoms with Gasteiger partial charge in [-0.1, -0.05) is 30.5 Å². The maximum atomic E-state index is 13.0. The lowest BCUT2D eigenvalue weighted by Gasteiger charge is -2.21. The third-order valence-electron chi connectivity index (χ3n) is 4.71. The molecule has 5 nitrogen and oxygen atoms in total. The summed E-state index contributed by atoms with van der Waals surface area (Å²) in [6.45, 7) is 2.70. The summed E-state index contributed by atoms with van der Waals surface area (Å²) >= 11 is 5.89. The smallest absolute Gasteiger partial charge is 0.223 e. The normalized spacial score (nSPS) is 14.4. The quantitative estimate of drug-likeness (QED) is 0.744. The lowest BCUT2D eigenvalue weighted by Crippen LogP contribution is -2.26. The molecule has 2 aromatic rings. The van der Waals surface area contributed by atoms with Gasteiger partial charge in [0.1, 0.15) is 17.4 Å². The fourth-order valence-electron chi connectivity index (χ4n) is 3.14. The Morgan fingerprint density at radius 1 is 1.18 bits per heavy atom. The van der Waals surface area contributed by atoms with Crippen molar-refractivity contribution in [1.29, 1.82) is 0 Å². The molecule has 150 valence electrons. The van der Waals surface area contributed by atoms with Crippen LogP contribution >= 0.6 is 11.6 Å². The molecule has 1 N–H and O–H groups in total. The van der Waals surface area contributed by atoms with Gasteiger partial charge in [0.05, 0.1) is 18.1 Å². The van der Waals surface area contributed by atoms with Crippen LogP contribution in [0.5, 0.6) is 5.75 Å². The molecule has 0 atom stereocenters. The van der Waals surface area contributed by atoms with Gasteiger partial charge < -0.3 is 15.0 Å². The molecule has 1 aromatic heterocycles. The first kappa shape index (κ1) is 20.4. The van der Waals surface area contributed by atoms with Gasteiger partial charge >= 0.3 is 0 Å². The maximum absolute atomic E-state index is 13.0. The highest BCUT2D eigenvalue weighted by atomic mass is 35.5. The number of halogens is 2. The number of aromatic nitrogens is 1. The molecule has 0 radical (unpaired) electrons. The van der Waals surface area contributed by atoms with Gasteiger partial charge in [0.2, 0.25) is 5.91 Å². The molecule has 1 aromatic carbocycles.